The molecule has 0 amide bonds. The van der Waals surface area contributed by atoms with E-state index in [2.05, 4.69) is 5.32 Å². The van der Waals surface area contributed by atoms with Gasteiger partial charge in [-0.1, -0.05) is 0 Å². The number of aliphatic hydroxyl groups excluding tert-OH is 1. The van der Waals surface area contributed by atoms with E-state index in [1.807, 2.05) is 0 Å². The molecule has 0 bridgehead atoms. The van der Waals surface area contributed by atoms with Gasteiger partial charge in [-0.15, -0.1) is 0 Å². The summed E-state index contributed by atoms with van der Waals surface area (Å²) in [6.07, 6.45) is 0. The lowest BCUT2D eigenvalue weighted by Gasteiger charge is -2.12. The molecule has 1 rings (SSSR count). The van der Waals surface area contributed by atoms with Crippen molar-refractivity contribution < 1.29 is 5.11 Å². The molecule has 0 aliphatic heterocycles. The van der Waals surface area contributed by atoms with Crippen LogP contribution < -0.4 is 22.3 Å². The van der Waals surface area contributed by atoms with Crippen LogP contribution >= 0.6 is 0 Å². The van der Waals surface area contributed by atoms with Crippen LogP contribution in [0.2, 0.25) is 0 Å². The van der Waals surface area contributed by atoms with Crippen molar-refractivity contribution in [2.24, 2.45) is 14.1 Å². The second-order valence-electron chi connectivity index (χ2n) is 2.80. The maximum atomic E-state index is 11.4. The van der Waals surface area contributed by atoms with Gasteiger partial charge in [-0.2, -0.15) is 0 Å². The molecule has 0 aliphatic carbocycles. The van der Waals surface area contributed by atoms with Crippen molar-refractivity contribution in [2.45, 2.75) is 0 Å². The molecular formula is C7H12N4O3. The van der Waals surface area contributed by atoms with Crippen molar-refractivity contribution >= 4 is 11.5 Å². The van der Waals surface area contributed by atoms with Crippen molar-refractivity contribution in [1.29, 1.82) is 0 Å². The van der Waals surface area contributed by atoms with Crippen molar-refractivity contribution in [1.82, 2.24) is 9.13 Å². The Balaban J connectivity index is 3.60. The average molecular weight is 200 g/mol. The van der Waals surface area contributed by atoms with Gasteiger partial charge in [0, 0.05) is 14.1 Å². The summed E-state index contributed by atoms with van der Waals surface area (Å²) in [7, 11) is 2.79. The number of hydrogen-bond acceptors (Lipinski definition) is 5. The van der Waals surface area contributed by atoms with Crippen LogP contribution in [0, 0.1) is 0 Å². The molecule has 1 heterocycles. The van der Waals surface area contributed by atoms with Crippen LogP contribution in [-0.4, -0.2) is 21.0 Å². The van der Waals surface area contributed by atoms with E-state index in [-0.39, 0.29) is 11.5 Å². The molecule has 0 fully saturated rings. The highest BCUT2D eigenvalue weighted by atomic mass is 16.3. The largest absolute Gasteiger partial charge is 0.391 e. The number of hydrogen-bond donors (Lipinski definition) is 3. The molecule has 7 nitrogen and oxygen atoms in total. The SMILES string of the molecule is Cn1c(NCO)c(N)c(=O)n(C)c1=O. The first kappa shape index (κ1) is 10.3. The lowest BCUT2D eigenvalue weighted by molar-refractivity contribution is 0.324. The zero-order chi connectivity index (χ0) is 10.9. The maximum absolute atomic E-state index is 11.4. The Bertz CT molecular complexity index is 422. The van der Waals surface area contributed by atoms with E-state index in [0.29, 0.717) is 0 Å². The molecule has 0 saturated carbocycles. The summed E-state index contributed by atoms with van der Waals surface area (Å²) in [5, 5.41) is 11.1. The standard InChI is InChI=1S/C7H12N4O3/c1-10-5(9-3-12)4(8)6(13)11(2)7(10)14/h9,12H,3,8H2,1-2H3. The van der Waals surface area contributed by atoms with E-state index in [4.69, 9.17) is 10.8 Å². The van der Waals surface area contributed by atoms with Crippen LogP contribution in [-0.2, 0) is 14.1 Å². The zero-order valence-electron chi connectivity index (χ0n) is 7.94. The van der Waals surface area contributed by atoms with Crippen LogP contribution in [0.4, 0.5) is 11.5 Å². The van der Waals surface area contributed by atoms with Gasteiger partial charge in [0.15, 0.2) is 0 Å². The first-order chi connectivity index (χ1) is 6.50. The minimum Gasteiger partial charge on any atom is -0.391 e. The van der Waals surface area contributed by atoms with Crippen LogP contribution in [0.15, 0.2) is 9.59 Å². The number of nitrogen functional groups attached to an aromatic ring is 1. The van der Waals surface area contributed by atoms with Crippen molar-refractivity contribution in [2.75, 3.05) is 17.8 Å². The summed E-state index contributed by atoms with van der Waals surface area (Å²) >= 11 is 0. The van der Waals surface area contributed by atoms with Gasteiger partial charge in [0.05, 0.1) is 0 Å². The molecular weight excluding hydrogens is 188 g/mol. The molecule has 0 atom stereocenters. The zero-order valence-corrected chi connectivity index (χ0v) is 7.94. The Morgan fingerprint density at radius 2 is 1.93 bits per heavy atom. The molecule has 0 spiro atoms. The van der Waals surface area contributed by atoms with Crippen LogP contribution in [0.25, 0.3) is 0 Å². The maximum Gasteiger partial charge on any atom is 0.332 e. The van der Waals surface area contributed by atoms with Gasteiger partial charge < -0.3 is 16.2 Å². The third-order valence-electron chi connectivity index (χ3n) is 1.95. The third-order valence-corrected chi connectivity index (χ3v) is 1.95. The Morgan fingerprint density at radius 1 is 1.36 bits per heavy atom. The lowest BCUT2D eigenvalue weighted by Crippen LogP contribution is -2.39. The highest BCUT2D eigenvalue weighted by molar-refractivity contribution is 5.59. The summed E-state index contributed by atoms with van der Waals surface area (Å²) in [5.74, 6) is 0.126. The number of aliphatic hydroxyl groups is 1. The minimum absolute atomic E-state index is 0.0938. The summed E-state index contributed by atoms with van der Waals surface area (Å²) in [4.78, 5) is 22.7. The topological polar surface area (TPSA) is 102 Å². The molecule has 0 unspecified atom stereocenters. The normalized spacial score (nSPS) is 10.2. The average Bonchev–Trinajstić information content (AvgIpc) is 2.19. The van der Waals surface area contributed by atoms with Gasteiger partial charge in [0.2, 0.25) is 0 Å². The highest BCUT2D eigenvalue weighted by Gasteiger charge is 2.11. The molecule has 7 heteroatoms. The highest BCUT2D eigenvalue weighted by Crippen LogP contribution is 2.08. The van der Waals surface area contributed by atoms with Crippen LogP contribution in [0.1, 0.15) is 0 Å². The quantitative estimate of drug-likeness (QED) is 0.480. The van der Waals surface area contributed by atoms with Crippen molar-refractivity contribution in [3.63, 3.8) is 0 Å². The molecule has 14 heavy (non-hydrogen) atoms. The fourth-order valence-corrected chi connectivity index (χ4v) is 1.16. The number of nitrogens with two attached hydrogens (primary N) is 1. The fraction of sp³-hybridized carbons (Fsp3) is 0.429. The van der Waals surface area contributed by atoms with E-state index < -0.39 is 18.0 Å². The lowest BCUT2D eigenvalue weighted by atomic mass is 10.4. The van der Waals surface area contributed by atoms with Gasteiger partial charge in [-0.05, 0) is 0 Å². The summed E-state index contributed by atoms with van der Waals surface area (Å²) in [5.41, 5.74) is 4.30. The number of anilines is 2. The van der Waals surface area contributed by atoms with E-state index >= 15 is 0 Å². The predicted octanol–water partition coefficient (Wildman–Crippen LogP) is -1.97. The second-order valence-corrected chi connectivity index (χ2v) is 2.80. The van der Waals surface area contributed by atoms with Gasteiger partial charge in [0.25, 0.3) is 5.56 Å². The Hall–Kier alpha value is -1.76. The Labute approximate surface area is 79.4 Å². The van der Waals surface area contributed by atoms with Gasteiger partial charge in [-0.25, -0.2) is 4.79 Å². The van der Waals surface area contributed by atoms with Crippen LogP contribution in [0.5, 0.6) is 0 Å². The number of nitrogens with one attached hydrogen (secondary N) is 1. The predicted molar refractivity (Wildman–Crippen MR) is 52.0 cm³/mol. The minimum atomic E-state index is -0.580. The van der Waals surface area contributed by atoms with Crippen molar-refractivity contribution in [3.8, 4) is 0 Å². The van der Waals surface area contributed by atoms with E-state index in [1.165, 1.54) is 14.1 Å². The molecule has 1 aromatic rings. The van der Waals surface area contributed by atoms with Crippen molar-refractivity contribution in [3.05, 3.63) is 20.8 Å². The third kappa shape index (κ3) is 1.37. The smallest absolute Gasteiger partial charge is 0.332 e. The first-order valence-electron chi connectivity index (χ1n) is 3.91. The molecule has 0 aromatic carbocycles. The molecule has 0 saturated heterocycles. The molecule has 4 N–H and O–H groups in total. The molecule has 0 radical (unpaired) electrons. The molecule has 1 aromatic heterocycles. The second kappa shape index (κ2) is 3.54. The molecule has 78 valence electrons. The van der Waals surface area contributed by atoms with E-state index in [9.17, 15) is 9.59 Å². The number of rotatable bonds is 2. The Morgan fingerprint density at radius 3 is 2.43 bits per heavy atom. The Kier molecular flexibility index (Phi) is 2.61. The van der Waals surface area contributed by atoms with E-state index in [1.54, 1.807) is 0 Å². The van der Waals surface area contributed by atoms with Crippen LogP contribution in [0.3, 0.4) is 0 Å². The summed E-state index contributed by atoms with van der Waals surface area (Å²) in [6.45, 7) is -0.398. The monoisotopic (exact) mass is 200 g/mol. The van der Waals surface area contributed by atoms with Gasteiger partial charge in [0.1, 0.15) is 18.2 Å². The van der Waals surface area contributed by atoms with Gasteiger partial charge >= 0.3 is 5.69 Å². The first-order valence-corrected chi connectivity index (χ1v) is 3.91. The van der Waals surface area contributed by atoms with E-state index in [0.717, 1.165) is 9.13 Å². The summed E-state index contributed by atoms with van der Waals surface area (Å²) < 4.78 is 2.06. The molecule has 0 aliphatic rings. The van der Waals surface area contributed by atoms with Gasteiger partial charge in [-0.3, -0.25) is 13.9 Å². The fourth-order valence-electron chi connectivity index (χ4n) is 1.16. The summed E-state index contributed by atoms with van der Waals surface area (Å²) in [6, 6.07) is 0. The number of nitrogens with zero attached hydrogens (tertiary/aromatic N) is 2. The number of aromatic nitrogens is 2.